The van der Waals surface area contributed by atoms with E-state index in [9.17, 15) is 4.79 Å². The van der Waals surface area contributed by atoms with Crippen LogP contribution in [0.3, 0.4) is 0 Å². The van der Waals surface area contributed by atoms with Crippen LogP contribution in [0.4, 0.5) is 0 Å². The van der Waals surface area contributed by atoms with Crippen molar-refractivity contribution >= 4 is 29.7 Å². The Morgan fingerprint density at radius 1 is 1.15 bits per heavy atom. The van der Waals surface area contributed by atoms with Crippen LogP contribution in [0.1, 0.15) is 29.7 Å². The summed E-state index contributed by atoms with van der Waals surface area (Å²) in [7, 11) is 1.62. The van der Waals surface area contributed by atoms with Crippen LogP contribution in [0.25, 0.3) is 0 Å². The molecule has 1 fully saturated rings. The number of likely N-dealkylation sites (tertiary alicyclic amines) is 1. The molecule has 0 radical (unpaired) electrons. The number of piperidine rings is 1. The molecule has 1 aromatic carbocycles. The molecule has 0 aliphatic carbocycles. The maximum absolute atomic E-state index is 12.2. The molecule has 0 saturated carbocycles. The fraction of sp³-hybridized carbons (Fsp3) is 0.450. The second-order valence-electron chi connectivity index (χ2n) is 6.40. The van der Waals surface area contributed by atoms with E-state index in [0.717, 1.165) is 44.6 Å². The number of amides is 1. The monoisotopic (exact) mass is 410 g/mol. The van der Waals surface area contributed by atoms with Gasteiger partial charge in [-0.05, 0) is 48.4 Å². The Morgan fingerprint density at radius 2 is 1.96 bits per heavy atom. The first kappa shape index (κ1) is 21.5. The van der Waals surface area contributed by atoms with E-state index >= 15 is 0 Å². The largest absolute Gasteiger partial charge is 0.493 e. The van der Waals surface area contributed by atoms with Gasteiger partial charge in [-0.2, -0.15) is 0 Å². The molecule has 7 heteroatoms. The van der Waals surface area contributed by atoms with Crippen LogP contribution in [0.15, 0.2) is 35.7 Å². The van der Waals surface area contributed by atoms with Crippen molar-refractivity contribution in [1.82, 2.24) is 10.2 Å². The maximum Gasteiger partial charge on any atom is 0.260 e. The van der Waals surface area contributed by atoms with Gasteiger partial charge in [0.25, 0.3) is 5.91 Å². The quantitative estimate of drug-likeness (QED) is 0.717. The third-order valence-corrected chi connectivity index (χ3v) is 5.37. The lowest BCUT2D eigenvalue weighted by molar-refractivity contribution is -0.134. The predicted molar refractivity (Wildman–Crippen MR) is 111 cm³/mol. The molecule has 1 saturated heterocycles. The maximum atomic E-state index is 12.2. The molecule has 2 aromatic rings. The standard InChI is InChI=1S/C20H26N2O3S.ClH/c1-24-19-12-16(13-21-14-17-6-5-11-26-17)7-8-18(19)25-15-20(23)22-9-3-2-4-10-22;/h5-8,11-12,21H,2-4,9-10,13-15H2,1H3;1H. The molecule has 27 heavy (non-hydrogen) atoms. The Bertz CT molecular complexity index is 703. The van der Waals surface area contributed by atoms with Crippen LogP contribution < -0.4 is 14.8 Å². The van der Waals surface area contributed by atoms with Crippen LogP contribution in [0.5, 0.6) is 11.5 Å². The van der Waals surface area contributed by atoms with Gasteiger partial charge in [0, 0.05) is 31.1 Å². The van der Waals surface area contributed by atoms with Gasteiger partial charge in [-0.1, -0.05) is 12.1 Å². The number of benzene rings is 1. The molecule has 0 spiro atoms. The van der Waals surface area contributed by atoms with Gasteiger partial charge in [0.2, 0.25) is 0 Å². The highest BCUT2D eigenvalue weighted by Crippen LogP contribution is 2.28. The minimum Gasteiger partial charge on any atom is -0.493 e. The number of hydrogen-bond acceptors (Lipinski definition) is 5. The van der Waals surface area contributed by atoms with Gasteiger partial charge in [-0.25, -0.2) is 0 Å². The lowest BCUT2D eigenvalue weighted by Crippen LogP contribution is -2.38. The summed E-state index contributed by atoms with van der Waals surface area (Å²) in [6.45, 7) is 3.35. The molecule has 2 heterocycles. The van der Waals surface area contributed by atoms with E-state index in [2.05, 4.69) is 22.8 Å². The van der Waals surface area contributed by atoms with Gasteiger partial charge in [-0.15, -0.1) is 23.7 Å². The van der Waals surface area contributed by atoms with E-state index < -0.39 is 0 Å². The van der Waals surface area contributed by atoms with Crippen molar-refractivity contribution < 1.29 is 14.3 Å². The van der Waals surface area contributed by atoms with E-state index in [-0.39, 0.29) is 24.9 Å². The van der Waals surface area contributed by atoms with Gasteiger partial charge in [0.15, 0.2) is 18.1 Å². The smallest absolute Gasteiger partial charge is 0.260 e. The lowest BCUT2D eigenvalue weighted by Gasteiger charge is -2.26. The molecule has 0 bridgehead atoms. The van der Waals surface area contributed by atoms with Crippen molar-refractivity contribution in [3.63, 3.8) is 0 Å². The lowest BCUT2D eigenvalue weighted by atomic mass is 10.1. The highest BCUT2D eigenvalue weighted by molar-refractivity contribution is 7.09. The highest BCUT2D eigenvalue weighted by atomic mass is 35.5. The third-order valence-electron chi connectivity index (χ3n) is 4.50. The van der Waals surface area contributed by atoms with Crippen molar-refractivity contribution in [3.8, 4) is 11.5 Å². The molecule has 1 aliphatic rings. The number of thiophene rings is 1. The number of ether oxygens (including phenoxy) is 2. The third kappa shape index (κ3) is 6.41. The normalized spacial score (nSPS) is 13.7. The summed E-state index contributed by atoms with van der Waals surface area (Å²) in [5.41, 5.74) is 1.12. The van der Waals surface area contributed by atoms with Crippen molar-refractivity contribution in [2.45, 2.75) is 32.4 Å². The zero-order valence-electron chi connectivity index (χ0n) is 15.6. The van der Waals surface area contributed by atoms with Crippen molar-refractivity contribution in [1.29, 1.82) is 0 Å². The molecule has 148 valence electrons. The van der Waals surface area contributed by atoms with Gasteiger partial charge in [-0.3, -0.25) is 4.79 Å². The fourth-order valence-electron chi connectivity index (χ4n) is 3.06. The van der Waals surface area contributed by atoms with Crippen molar-refractivity contribution in [2.24, 2.45) is 0 Å². The van der Waals surface area contributed by atoms with Gasteiger partial charge >= 0.3 is 0 Å². The number of carbonyl (C=O) groups is 1. The van der Waals surface area contributed by atoms with Crippen LogP contribution in [-0.4, -0.2) is 37.6 Å². The number of rotatable bonds is 8. The van der Waals surface area contributed by atoms with E-state index in [1.165, 1.54) is 11.3 Å². The molecule has 1 aliphatic heterocycles. The summed E-state index contributed by atoms with van der Waals surface area (Å²) >= 11 is 1.75. The highest BCUT2D eigenvalue weighted by Gasteiger charge is 2.17. The average Bonchev–Trinajstić information content (AvgIpc) is 3.20. The second kappa shape index (κ2) is 11.2. The Hall–Kier alpha value is -1.76. The Labute approximate surface area is 171 Å². The molecular weight excluding hydrogens is 384 g/mol. The minimum absolute atomic E-state index is 0. The molecule has 3 rings (SSSR count). The van der Waals surface area contributed by atoms with Gasteiger partial charge in [0.05, 0.1) is 7.11 Å². The van der Waals surface area contributed by atoms with Crippen LogP contribution in [0, 0.1) is 0 Å². The van der Waals surface area contributed by atoms with Crippen molar-refractivity contribution in [2.75, 3.05) is 26.8 Å². The SMILES string of the molecule is COc1cc(CNCc2cccs2)ccc1OCC(=O)N1CCCCC1.Cl. The summed E-state index contributed by atoms with van der Waals surface area (Å²) in [5, 5.41) is 5.50. The zero-order chi connectivity index (χ0) is 18.2. The molecule has 1 aromatic heterocycles. The topological polar surface area (TPSA) is 50.8 Å². The first-order valence-corrected chi connectivity index (χ1v) is 9.95. The molecule has 1 amide bonds. The molecule has 1 N–H and O–H groups in total. The van der Waals surface area contributed by atoms with Crippen molar-refractivity contribution in [3.05, 3.63) is 46.2 Å². The number of methoxy groups -OCH3 is 1. The number of carbonyl (C=O) groups excluding carboxylic acids is 1. The summed E-state index contributed by atoms with van der Waals surface area (Å²) in [4.78, 5) is 15.4. The van der Waals surface area contributed by atoms with E-state index in [0.29, 0.717) is 11.5 Å². The summed E-state index contributed by atoms with van der Waals surface area (Å²) in [6.07, 6.45) is 3.38. The summed E-state index contributed by atoms with van der Waals surface area (Å²) < 4.78 is 11.2. The molecule has 0 atom stereocenters. The number of nitrogens with one attached hydrogen (secondary N) is 1. The Balaban J connectivity index is 0.00000261. The van der Waals surface area contributed by atoms with Gasteiger partial charge in [0.1, 0.15) is 0 Å². The summed E-state index contributed by atoms with van der Waals surface area (Å²) in [5.74, 6) is 1.32. The van der Waals surface area contributed by atoms with Crippen LogP contribution >= 0.6 is 23.7 Å². The minimum atomic E-state index is 0. The van der Waals surface area contributed by atoms with Gasteiger partial charge < -0.3 is 19.7 Å². The number of halogens is 1. The molecule has 5 nitrogen and oxygen atoms in total. The van der Waals surface area contributed by atoms with E-state index in [1.807, 2.05) is 23.1 Å². The van der Waals surface area contributed by atoms with E-state index in [4.69, 9.17) is 9.47 Å². The Morgan fingerprint density at radius 3 is 2.67 bits per heavy atom. The number of nitrogens with zero attached hydrogens (tertiary/aromatic N) is 1. The van der Waals surface area contributed by atoms with Crippen LogP contribution in [0.2, 0.25) is 0 Å². The molecule has 0 unspecified atom stereocenters. The fourth-order valence-corrected chi connectivity index (χ4v) is 3.73. The van der Waals surface area contributed by atoms with Crippen LogP contribution in [-0.2, 0) is 17.9 Å². The Kier molecular flexibility index (Phi) is 8.91. The second-order valence-corrected chi connectivity index (χ2v) is 7.43. The first-order valence-electron chi connectivity index (χ1n) is 9.07. The first-order chi connectivity index (χ1) is 12.8. The molecular formula is C20H27ClN2O3S. The predicted octanol–water partition coefficient (Wildman–Crippen LogP) is 3.86. The number of hydrogen-bond donors (Lipinski definition) is 1. The summed E-state index contributed by atoms with van der Waals surface area (Å²) in [6, 6.07) is 10.0. The van der Waals surface area contributed by atoms with E-state index in [1.54, 1.807) is 18.4 Å². The average molecular weight is 411 g/mol. The zero-order valence-corrected chi connectivity index (χ0v) is 17.2.